The van der Waals surface area contributed by atoms with E-state index in [2.05, 4.69) is 6.92 Å². The summed E-state index contributed by atoms with van der Waals surface area (Å²) in [6.45, 7) is 4.02. The third-order valence-corrected chi connectivity index (χ3v) is 2.81. The van der Waals surface area contributed by atoms with E-state index in [-0.39, 0.29) is 18.5 Å². The lowest BCUT2D eigenvalue weighted by Gasteiger charge is -2.32. The van der Waals surface area contributed by atoms with Gasteiger partial charge in [0.25, 0.3) is 0 Å². The van der Waals surface area contributed by atoms with Crippen molar-refractivity contribution in [1.29, 1.82) is 0 Å². The van der Waals surface area contributed by atoms with Gasteiger partial charge in [-0.1, -0.05) is 12.1 Å². The van der Waals surface area contributed by atoms with Gasteiger partial charge >= 0.3 is 0 Å². The van der Waals surface area contributed by atoms with Crippen molar-refractivity contribution in [1.82, 2.24) is 0 Å². The van der Waals surface area contributed by atoms with Crippen LogP contribution in [0.25, 0.3) is 0 Å². The summed E-state index contributed by atoms with van der Waals surface area (Å²) in [6, 6.07) is 8.02. The lowest BCUT2D eigenvalue weighted by molar-refractivity contribution is -0.231. The lowest BCUT2D eigenvalue weighted by atomic mass is 10.0. The van der Waals surface area contributed by atoms with Crippen molar-refractivity contribution in [3.8, 4) is 5.75 Å². The number of hydrogen-bond donors (Lipinski definition) is 0. The summed E-state index contributed by atoms with van der Waals surface area (Å²) in [4.78, 5) is 0. The van der Waals surface area contributed by atoms with E-state index < -0.39 is 0 Å². The molecule has 0 aliphatic carbocycles. The first-order valence-corrected chi connectivity index (χ1v) is 5.64. The molecule has 1 fully saturated rings. The van der Waals surface area contributed by atoms with Gasteiger partial charge in [0.1, 0.15) is 5.75 Å². The fourth-order valence-electron chi connectivity index (χ4n) is 2.04. The molecule has 16 heavy (non-hydrogen) atoms. The molecule has 3 heteroatoms. The lowest BCUT2D eigenvalue weighted by Crippen LogP contribution is -2.30. The van der Waals surface area contributed by atoms with Crippen molar-refractivity contribution in [3.63, 3.8) is 0 Å². The highest BCUT2D eigenvalue weighted by molar-refractivity contribution is 5.28. The van der Waals surface area contributed by atoms with Gasteiger partial charge in [0.15, 0.2) is 6.29 Å². The monoisotopic (exact) mass is 222 g/mol. The Morgan fingerprint density at radius 2 is 1.81 bits per heavy atom. The molecule has 88 valence electrons. The van der Waals surface area contributed by atoms with Crippen molar-refractivity contribution in [2.75, 3.05) is 7.11 Å². The first-order valence-electron chi connectivity index (χ1n) is 5.64. The molecule has 0 spiro atoms. The van der Waals surface area contributed by atoms with Gasteiger partial charge < -0.3 is 14.2 Å². The maximum Gasteiger partial charge on any atom is 0.155 e. The standard InChI is InChI=1S/C13H18O3/c1-9-8-13(16-10(2)15-9)11-4-6-12(14-3)7-5-11/h4-7,9-10,13H,8H2,1-3H3/t9-,10+,13+/m0/s1. The second-order valence-corrected chi connectivity index (χ2v) is 4.15. The highest BCUT2D eigenvalue weighted by Gasteiger charge is 2.25. The number of methoxy groups -OCH3 is 1. The third-order valence-electron chi connectivity index (χ3n) is 2.81. The second-order valence-electron chi connectivity index (χ2n) is 4.15. The largest absolute Gasteiger partial charge is 0.497 e. The highest BCUT2D eigenvalue weighted by atomic mass is 16.7. The van der Waals surface area contributed by atoms with E-state index in [4.69, 9.17) is 14.2 Å². The molecule has 0 unspecified atom stereocenters. The molecule has 0 radical (unpaired) electrons. The van der Waals surface area contributed by atoms with Gasteiger partial charge in [-0.25, -0.2) is 0 Å². The van der Waals surface area contributed by atoms with Crippen LogP contribution < -0.4 is 4.74 Å². The van der Waals surface area contributed by atoms with E-state index in [1.165, 1.54) is 5.56 Å². The van der Waals surface area contributed by atoms with E-state index in [9.17, 15) is 0 Å². The smallest absolute Gasteiger partial charge is 0.155 e. The van der Waals surface area contributed by atoms with Crippen LogP contribution in [-0.4, -0.2) is 19.5 Å². The molecule has 0 saturated carbocycles. The van der Waals surface area contributed by atoms with E-state index in [0.29, 0.717) is 0 Å². The Kier molecular flexibility index (Phi) is 3.46. The Morgan fingerprint density at radius 3 is 2.38 bits per heavy atom. The van der Waals surface area contributed by atoms with Gasteiger partial charge in [0, 0.05) is 6.42 Å². The fourth-order valence-corrected chi connectivity index (χ4v) is 2.04. The van der Waals surface area contributed by atoms with Crippen molar-refractivity contribution >= 4 is 0 Å². The predicted molar refractivity (Wildman–Crippen MR) is 61.4 cm³/mol. The normalized spacial score (nSPS) is 30.1. The Bertz CT molecular complexity index is 324. The van der Waals surface area contributed by atoms with Crippen LogP contribution in [0.4, 0.5) is 0 Å². The third kappa shape index (κ3) is 2.54. The number of rotatable bonds is 2. The quantitative estimate of drug-likeness (QED) is 0.770. The Hall–Kier alpha value is -1.06. The molecule has 0 N–H and O–H groups in total. The molecule has 2 rings (SSSR count). The molecule has 1 saturated heterocycles. The maximum absolute atomic E-state index is 5.75. The molecule has 3 nitrogen and oxygen atoms in total. The molecule has 1 aromatic rings. The van der Waals surface area contributed by atoms with Gasteiger partial charge in [-0.05, 0) is 31.5 Å². The molecule has 1 aliphatic heterocycles. The van der Waals surface area contributed by atoms with E-state index in [1.54, 1.807) is 7.11 Å². The number of benzene rings is 1. The minimum Gasteiger partial charge on any atom is -0.497 e. The zero-order valence-electron chi connectivity index (χ0n) is 9.97. The molecule has 1 aromatic carbocycles. The Morgan fingerprint density at radius 1 is 1.12 bits per heavy atom. The minimum atomic E-state index is -0.129. The van der Waals surface area contributed by atoms with Crippen LogP contribution in [0.15, 0.2) is 24.3 Å². The molecule has 0 aromatic heterocycles. The van der Waals surface area contributed by atoms with Crippen LogP contribution in [0, 0.1) is 0 Å². The van der Waals surface area contributed by atoms with Crippen molar-refractivity contribution in [3.05, 3.63) is 29.8 Å². The molecule has 3 atom stereocenters. The van der Waals surface area contributed by atoms with E-state index in [0.717, 1.165) is 12.2 Å². The summed E-state index contributed by atoms with van der Waals surface area (Å²) in [7, 11) is 1.67. The van der Waals surface area contributed by atoms with E-state index >= 15 is 0 Å². The maximum atomic E-state index is 5.75. The summed E-state index contributed by atoms with van der Waals surface area (Å²) in [6.07, 6.45) is 1.15. The summed E-state index contributed by atoms with van der Waals surface area (Å²) >= 11 is 0. The zero-order chi connectivity index (χ0) is 11.5. The van der Waals surface area contributed by atoms with E-state index in [1.807, 2.05) is 31.2 Å². The van der Waals surface area contributed by atoms with Crippen LogP contribution in [-0.2, 0) is 9.47 Å². The van der Waals surface area contributed by atoms with Crippen LogP contribution >= 0.6 is 0 Å². The molecule has 0 amide bonds. The van der Waals surface area contributed by atoms with Crippen molar-refractivity contribution in [2.24, 2.45) is 0 Å². The van der Waals surface area contributed by atoms with Gasteiger partial charge in [-0.3, -0.25) is 0 Å². The average molecular weight is 222 g/mol. The summed E-state index contributed by atoms with van der Waals surface area (Å²) in [5, 5.41) is 0. The molecule has 0 bridgehead atoms. The van der Waals surface area contributed by atoms with Gasteiger partial charge in [0.05, 0.1) is 19.3 Å². The van der Waals surface area contributed by atoms with Gasteiger partial charge in [-0.15, -0.1) is 0 Å². The second kappa shape index (κ2) is 4.85. The van der Waals surface area contributed by atoms with Crippen LogP contribution in [0.2, 0.25) is 0 Å². The van der Waals surface area contributed by atoms with Crippen molar-refractivity contribution < 1.29 is 14.2 Å². The molecule has 1 heterocycles. The molecule has 1 aliphatic rings. The number of hydrogen-bond acceptors (Lipinski definition) is 3. The fraction of sp³-hybridized carbons (Fsp3) is 0.538. The SMILES string of the molecule is COc1ccc([C@H]2C[C@H](C)O[C@@H](C)O2)cc1. The first-order chi connectivity index (χ1) is 7.69. The highest BCUT2D eigenvalue weighted by Crippen LogP contribution is 2.31. The van der Waals surface area contributed by atoms with Crippen LogP contribution in [0.3, 0.4) is 0 Å². The summed E-state index contributed by atoms with van der Waals surface area (Å²) in [5.74, 6) is 0.872. The predicted octanol–water partition coefficient (Wildman–Crippen LogP) is 2.91. The first kappa shape index (κ1) is 11.4. The van der Waals surface area contributed by atoms with Crippen LogP contribution in [0.1, 0.15) is 31.9 Å². The topological polar surface area (TPSA) is 27.7 Å². The minimum absolute atomic E-state index is 0.129. The Labute approximate surface area is 96.3 Å². The van der Waals surface area contributed by atoms with Gasteiger partial charge in [0.2, 0.25) is 0 Å². The number of ether oxygens (including phenoxy) is 3. The molecular weight excluding hydrogens is 204 g/mol. The zero-order valence-corrected chi connectivity index (χ0v) is 9.97. The van der Waals surface area contributed by atoms with Crippen LogP contribution in [0.5, 0.6) is 5.75 Å². The average Bonchev–Trinajstić information content (AvgIpc) is 2.28. The Balaban J connectivity index is 2.10. The molecular formula is C13H18O3. The van der Waals surface area contributed by atoms with Crippen molar-refractivity contribution in [2.45, 2.75) is 38.8 Å². The summed E-state index contributed by atoms with van der Waals surface area (Å²) in [5.41, 5.74) is 1.18. The summed E-state index contributed by atoms with van der Waals surface area (Å²) < 4.78 is 16.4. The van der Waals surface area contributed by atoms with Gasteiger partial charge in [-0.2, -0.15) is 0 Å².